The van der Waals surface area contributed by atoms with E-state index in [0.717, 1.165) is 0 Å². The summed E-state index contributed by atoms with van der Waals surface area (Å²) in [6.45, 7) is 4.29. The van der Waals surface area contributed by atoms with Crippen LogP contribution < -0.4 is 0 Å². The lowest BCUT2D eigenvalue weighted by atomic mass is 10.0. The van der Waals surface area contributed by atoms with Gasteiger partial charge in [0.2, 0.25) is 0 Å². The average Bonchev–Trinajstić information content (AvgIpc) is 2.27. The van der Waals surface area contributed by atoms with Crippen LogP contribution in [0.25, 0.3) is 6.08 Å². The zero-order chi connectivity index (χ0) is 8.77. The molecule has 1 aliphatic rings. The minimum atomic E-state index is 0.0516. The minimum Gasteiger partial charge on any atom is -0.0758 e. The maximum absolute atomic E-state index is 3.68. The number of aryl methyl sites for hydroxylation is 1. The maximum atomic E-state index is 3.68. The lowest BCUT2D eigenvalue weighted by Gasteiger charge is -2.15. The largest absolute Gasteiger partial charge is 0.0758 e. The number of allylic oxidation sites excluding steroid dienone is 1. The van der Waals surface area contributed by atoms with E-state index in [1.54, 1.807) is 0 Å². The number of benzene rings is 1. The third-order valence-electron chi connectivity index (χ3n) is 2.31. The van der Waals surface area contributed by atoms with Gasteiger partial charge in [-0.3, -0.25) is 0 Å². The normalized spacial score (nSPS) is 25.9. The van der Waals surface area contributed by atoms with Gasteiger partial charge in [0, 0.05) is 0 Å². The topological polar surface area (TPSA) is 0 Å². The van der Waals surface area contributed by atoms with Crippen LogP contribution in [0.1, 0.15) is 23.6 Å². The summed E-state index contributed by atoms with van der Waals surface area (Å²) in [5, 5.41) is 0. The SMILES string of the molecule is Cc1ccc2c(c1)C=CC2(C)Br. The standard InChI is InChI=1S/C11H11Br/c1-8-3-4-10-9(7-8)5-6-11(10,2)12/h3-7H,1-2H3. The molecule has 0 aromatic heterocycles. The van der Waals surface area contributed by atoms with Crippen LogP contribution in [0.15, 0.2) is 24.3 Å². The summed E-state index contributed by atoms with van der Waals surface area (Å²) in [6, 6.07) is 6.57. The molecule has 0 heterocycles. The molecule has 12 heavy (non-hydrogen) atoms. The molecule has 0 fully saturated rings. The summed E-state index contributed by atoms with van der Waals surface area (Å²) in [7, 11) is 0. The van der Waals surface area contributed by atoms with E-state index in [1.807, 2.05) is 0 Å². The molecule has 1 aromatic carbocycles. The fraction of sp³-hybridized carbons (Fsp3) is 0.273. The molecular weight excluding hydrogens is 212 g/mol. The summed E-state index contributed by atoms with van der Waals surface area (Å²) in [5.74, 6) is 0. The third-order valence-corrected chi connectivity index (χ3v) is 3.00. The first-order chi connectivity index (χ1) is 5.59. The van der Waals surface area contributed by atoms with Crippen molar-refractivity contribution in [2.45, 2.75) is 18.2 Å². The number of hydrogen-bond acceptors (Lipinski definition) is 0. The summed E-state index contributed by atoms with van der Waals surface area (Å²) in [6.07, 6.45) is 4.37. The van der Waals surface area contributed by atoms with Gasteiger partial charge in [-0.15, -0.1) is 0 Å². The fourth-order valence-electron chi connectivity index (χ4n) is 1.60. The highest BCUT2D eigenvalue weighted by Crippen LogP contribution is 2.40. The molecule has 1 heteroatoms. The molecule has 2 rings (SSSR count). The zero-order valence-corrected chi connectivity index (χ0v) is 8.85. The van der Waals surface area contributed by atoms with Crippen molar-refractivity contribution in [2.24, 2.45) is 0 Å². The first kappa shape index (κ1) is 8.06. The van der Waals surface area contributed by atoms with E-state index in [4.69, 9.17) is 0 Å². The Morgan fingerprint density at radius 3 is 2.83 bits per heavy atom. The second-order valence-electron chi connectivity index (χ2n) is 3.50. The molecule has 0 nitrogen and oxygen atoms in total. The van der Waals surface area contributed by atoms with E-state index in [-0.39, 0.29) is 4.32 Å². The fourth-order valence-corrected chi connectivity index (χ4v) is 2.09. The smallest absolute Gasteiger partial charge is 0.0666 e. The lowest BCUT2D eigenvalue weighted by Crippen LogP contribution is -2.05. The average molecular weight is 223 g/mol. The van der Waals surface area contributed by atoms with E-state index in [2.05, 4.69) is 60.1 Å². The van der Waals surface area contributed by atoms with Gasteiger partial charge in [-0.2, -0.15) is 0 Å². The van der Waals surface area contributed by atoms with Crippen molar-refractivity contribution in [3.05, 3.63) is 41.0 Å². The van der Waals surface area contributed by atoms with E-state index in [1.165, 1.54) is 16.7 Å². The van der Waals surface area contributed by atoms with E-state index in [0.29, 0.717) is 0 Å². The van der Waals surface area contributed by atoms with Gasteiger partial charge in [0.05, 0.1) is 4.32 Å². The predicted octanol–water partition coefficient (Wildman–Crippen LogP) is 3.63. The summed E-state index contributed by atoms with van der Waals surface area (Å²) in [4.78, 5) is 0. The second-order valence-corrected chi connectivity index (χ2v) is 5.15. The van der Waals surface area contributed by atoms with Gasteiger partial charge < -0.3 is 0 Å². The van der Waals surface area contributed by atoms with Crippen molar-refractivity contribution in [3.8, 4) is 0 Å². The molecule has 1 unspecified atom stereocenters. The Morgan fingerprint density at radius 1 is 1.33 bits per heavy atom. The molecule has 0 aliphatic heterocycles. The Hall–Kier alpha value is -0.560. The summed E-state index contributed by atoms with van der Waals surface area (Å²) in [5.41, 5.74) is 4.03. The Balaban J connectivity index is 2.62. The molecule has 0 N–H and O–H groups in total. The number of rotatable bonds is 0. The highest BCUT2D eigenvalue weighted by molar-refractivity contribution is 9.09. The number of alkyl halides is 1. The third kappa shape index (κ3) is 1.13. The molecule has 1 aliphatic carbocycles. The monoisotopic (exact) mass is 222 g/mol. The molecule has 1 atom stereocenters. The molecule has 0 saturated heterocycles. The van der Waals surface area contributed by atoms with Gasteiger partial charge >= 0.3 is 0 Å². The molecule has 62 valence electrons. The number of hydrogen-bond donors (Lipinski definition) is 0. The van der Waals surface area contributed by atoms with Crippen LogP contribution in [-0.2, 0) is 4.32 Å². The van der Waals surface area contributed by atoms with Crippen LogP contribution >= 0.6 is 15.9 Å². The molecule has 1 aromatic rings. The van der Waals surface area contributed by atoms with Crippen LogP contribution in [0, 0.1) is 6.92 Å². The molecule has 0 radical (unpaired) electrons. The van der Waals surface area contributed by atoms with Gasteiger partial charge in [-0.1, -0.05) is 51.8 Å². The van der Waals surface area contributed by atoms with E-state index < -0.39 is 0 Å². The van der Waals surface area contributed by atoms with Gasteiger partial charge in [0.1, 0.15) is 0 Å². The van der Waals surface area contributed by atoms with Crippen molar-refractivity contribution < 1.29 is 0 Å². The van der Waals surface area contributed by atoms with Gasteiger partial charge in [0.25, 0.3) is 0 Å². The first-order valence-corrected chi connectivity index (χ1v) is 4.88. The Kier molecular flexibility index (Phi) is 1.65. The van der Waals surface area contributed by atoms with Gasteiger partial charge in [0.15, 0.2) is 0 Å². The summed E-state index contributed by atoms with van der Waals surface area (Å²) >= 11 is 3.68. The Morgan fingerprint density at radius 2 is 2.08 bits per heavy atom. The van der Waals surface area contributed by atoms with Crippen molar-refractivity contribution in [2.75, 3.05) is 0 Å². The van der Waals surface area contributed by atoms with Crippen LogP contribution in [0.3, 0.4) is 0 Å². The molecule has 0 bridgehead atoms. The van der Waals surface area contributed by atoms with E-state index >= 15 is 0 Å². The molecule has 0 amide bonds. The summed E-state index contributed by atoms with van der Waals surface area (Å²) < 4.78 is 0.0516. The molecule has 0 saturated carbocycles. The van der Waals surface area contributed by atoms with Crippen LogP contribution in [0.2, 0.25) is 0 Å². The minimum absolute atomic E-state index is 0.0516. The lowest BCUT2D eigenvalue weighted by molar-refractivity contribution is 0.922. The highest BCUT2D eigenvalue weighted by Gasteiger charge is 2.25. The Labute approximate surface area is 81.4 Å². The van der Waals surface area contributed by atoms with Gasteiger partial charge in [-0.25, -0.2) is 0 Å². The number of fused-ring (bicyclic) bond motifs is 1. The quantitative estimate of drug-likeness (QED) is 0.589. The Bertz CT molecular complexity index is 348. The van der Waals surface area contributed by atoms with Crippen molar-refractivity contribution >= 4 is 22.0 Å². The van der Waals surface area contributed by atoms with Crippen molar-refractivity contribution in [3.63, 3.8) is 0 Å². The van der Waals surface area contributed by atoms with Crippen molar-refractivity contribution in [1.82, 2.24) is 0 Å². The van der Waals surface area contributed by atoms with Crippen molar-refractivity contribution in [1.29, 1.82) is 0 Å². The van der Waals surface area contributed by atoms with Gasteiger partial charge in [-0.05, 0) is 25.0 Å². The maximum Gasteiger partial charge on any atom is 0.0666 e. The van der Waals surface area contributed by atoms with Crippen LogP contribution in [0.4, 0.5) is 0 Å². The molecular formula is C11H11Br. The highest BCUT2D eigenvalue weighted by atomic mass is 79.9. The molecule has 0 spiro atoms. The second kappa shape index (κ2) is 2.46. The first-order valence-electron chi connectivity index (χ1n) is 4.09. The number of halogens is 1. The zero-order valence-electron chi connectivity index (χ0n) is 7.26. The van der Waals surface area contributed by atoms with Crippen LogP contribution in [-0.4, -0.2) is 0 Å². The predicted molar refractivity (Wildman–Crippen MR) is 56.5 cm³/mol. The van der Waals surface area contributed by atoms with Crippen LogP contribution in [0.5, 0.6) is 0 Å². The van der Waals surface area contributed by atoms with E-state index in [9.17, 15) is 0 Å².